The first-order chi connectivity index (χ1) is 15.0. The molecule has 8 heteroatoms. The average Bonchev–Trinajstić information content (AvgIpc) is 3.36. The van der Waals surface area contributed by atoms with Crippen LogP contribution in [0.5, 0.6) is 0 Å². The van der Waals surface area contributed by atoms with Gasteiger partial charge in [0.05, 0.1) is 18.2 Å². The van der Waals surface area contributed by atoms with E-state index in [1.807, 2.05) is 4.90 Å². The maximum absolute atomic E-state index is 13.4. The summed E-state index contributed by atoms with van der Waals surface area (Å²) in [6.45, 7) is 3.63. The average molecular weight is 428 g/mol. The highest BCUT2D eigenvalue weighted by Crippen LogP contribution is 2.35. The van der Waals surface area contributed by atoms with Crippen LogP contribution in [0.3, 0.4) is 0 Å². The van der Waals surface area contributed by atoms with Crippen molar-refractivity contribution in [2.45, 2.75) is 38.7 Å². The van der Waals surface area contributed by atoms with Crippen LogP contribution in [0.25, 0.3) is 5.57 Å². The van der Waals surface area contributed by atoms with Gasteiger partial charge >= 0.3 is 0 Å². The lowest BCUT2D eigenvalue weighted by molar-refractivity contribution is -0.139. The first kappa shape index (κ1) is 21.5. The third-order valence-electron chi connectivity index (χ3n) is 6.14. The molecular weight excluding hydrogens is 398 g/mol. The molecule has 0 aromatic heterocycles. The van der Waals surface area contributed by atoms with Crippen LogP contribution in [-0.2, 0) is 19.1 Å². The molecule has 2 unspecified atom stereocenters. The molecule has 2 saturated heterocycles. The third-order valence-corrected chi connectivity index (χ3v) is 6.14. The molecule has 0 radical (unpaired) electrons. The molecule has 3 aliphatic rings. The highest BCUT2D eigenvalue weighted by molar-refractivity contribution is 6.35. The van der Waals surface area contributed by atoms with Gasteiger partial charge in [-0.3, -0.25) is 19.3 Å². The maximum Gasteiger partial charge on any atom is 0.277 e. The quantitative estimate of drug-likeness (QED) is 0.670. The summed E-state index contributed by atoms with van der Waals surface area (Å²) in [4.78, 5) is 41.4. The molecule has 2 fully saturated rings. The van der Waals surface area contributed by atoms with E-state index in [2.05, 4.69) is 5.32 Å². The van der Waals surface area contributed by atoms with Crippen molar-refractivity contribution < 1.29 is 24.2 Å². The fraction of sp³-hybridized carbons (Fsp3) is 0.522. The van der Waals surface area contributed by atoms with E-state index in [4.69, 9.17) is 4.74 Å². The standard InChI is InChI=1S/C23H29N3O5/c1-15(28)24-18-8-6-17(7-9-18)20-21(25-10-2-4-16(12-25)14-27)23(30)26(22(20)29)13-19-5-3-11-31-19/h6-9,16,19,27H,2-5,10-14H2,1H3,(H,24,28). The molecule has 2 atom stereocenters. The number of anilines is 1. The number of piperidine rings is 1. The molecule has 3 amide bonds. The molecule has 1 aromatic carbocycles. The minimum Gasteiger partial charge on any atom is -0.396 e. The van der Waals surface area contributed by atoms with E-state index in [1.165, 1.54) is 11.8 Å². The molecular formula is C23H29N3O5. The summed E-state index contributed by atoms with van der Waals surface area (Å²) in [5.74, 6) is -0.695. The Bertz CT molecular complexity index is 889. The summed E-state index contributed by atoms with van der Waals surface area (Å²) in [6.07, 6.45) is 3.41. The minimum absolute atomic E-state index is 0.0618. The Morgan fingerprint density at radius 3 is 2.58 bits per heavy atom. The van der Waals surface area contributed by atoms with Gasteiger partial charge in [-0.2, -0.15) is 0 Å². The predicted octanol–water partition coefficient (Wildman–Crippen LogP) is 1.61. The second-order valence-corrected chi connectivity index (χ2v) is 8.47. The number of imide groups is 1. The van der Waals surface area contributed by atoms with E-state index in [9.17, 15) is 19.5 Å². The van der Waals surface area contributed by atoms with Crippen molar-refractivity contribution in [1.82, 2.24) is 9.80 Å². The Hall–Kier alpha value is -2.71. The third kappa shape index (κ3) is 4.50. The van der Waals surface area contributed by atoms with Gasteiger partial charge in [-0.25, -0.2) is 0 Å². The lowest BCUT2D eigenvalue weighted by atomic mass is 9.97. The zero-order valence-electron chi connectivity index (χ0n) is 17.8. The molecule has 0 saturated carbocycles. The molecule has 3 aliphatic heterocycles. The maximum atomic E-state index is 13.4. The molecule has 1 aromatic rings. The number of hydrogen-bond donors (Lipinski definition) is 2. The predicted molar refractivity (Wildman–Crippen MR) is 115 cm³/mol. The van der Waals surface area contributed by atoms with Gasteiger partial charge in [0.25, 0.3) is 11.8 Å². The van der Waals surface area contributed by atoms with Crippen molar-refractivity contribution in [3.63, 3.8) is 0 Å². The summed E-state index contributed by atoms with van der Waals surface area (Å²) < 4.78 is 5.67. The van der Waals surface area contributed by atoms with Gasteiger partial charge in [-0.1, -0.05) is 12.1 Å². The largest absolute Gasteiger partial charge is 0.396 e. The molecule has 31 heavy (non-hydrogen) atoms. The number of aliphatic hydroxyl groups is 1. The number of likely N-dealkylation sites (tertiary alicyclic amines) is 1. The summed E-state index contributed by atoms with van der Waals surface area (Å²) >= 11 is 0. The van der Waals surface area contributed by atoms with Crippen LogP contribution < -0.4 is 5.32 Å². The number of amides is 3. The molecule has 0 bridgehead atoms. The van der Waals surface area contributed by atoms with Crippen molar-refractivity contribution in [3.05, 3.63) is 35.5 Å². The van der Waals surface area contributed by atoms with Crippen LogP contribution >= 0.6 is 0 Å². The smallest absolute Gasteiger partial charge is 0.277 e. The number of carbonyl (C=O) groups excluding carboxylic acids is 3. The highest BCUT2D eigenvalue weighted by Gasteiger charge is 2.43. The number of rotatable bonds is 6. The molecule has 3 heterocycles. The monoisotopic (exact) mass is 427 g/mol. The van der Waals surface area contributed by atoms with Gasteiger partial charge in [0.2, 0.25) is 5.91 Å². The second-order valence-electron chi connectivity index (χ2n) is 8.47. The van der Waals surface area contributed by atoms with Gasteiger partial charge in [0.1, 0.15) is 5.70 Å². The van der Waals surface area contributed by atoms with Crippen molar-refractivity contribution in [3.8, 4) is 0 Å². The van der Waals surface area contributed by atoms with E-state index in [-0.39, 0.29) is 42.9 Å². The summed E-state index contributed by atoms with van der Waals surface area (Å²) in [6, 6.07) is 6.98. The van der Waals surface area contributed by atoms with Crippen LogP contribution in [0.1, 0.15) is 38.2 Å². The number of benzene rings is 1. The van der Waals surface area contributed by atoms with Gasteiger partial charge in [-0.15, -0.1) is 0 Å². The van der Waals surface area contributed by atoms with Crippen molar-refractivity contribution in [2.75, 3.05) is 38.2 Å². The normalized spacial score (nSPS) is 24.3. The molecule has 166 valence electrons. The molecule has 4 rings (SSSR count). The fourth-order valence-electron chi connectivity index (χ4n) is 4.62. The van der Waals surface area contributed by atoms with Gasteiger partial charge < -0.3 is 20.1 Å². The Balaban J connectivity index is 1.68. The SMILES string of the molecule is CC(=O)Nc1ccc(C2=C(N3CCCC(CO)C3)C(=O)N(CC3CCCO3)C2=O)cc1. The van der Waals surface area contributed by atoms with Crippen LogP contribution in [0.4, 0.5) is 5.69 Å². The zero-order valence-corrected chi connectivity index (χ0v) is 17.8. The van der Waals surface area contributed by atoms with Crippen molar-refractivity contribution >= 4 is 29.0 Å². The lowest BCUT2D eigenvalue weighted by Crippen LogP contribution is -2.42. The first-order valence-electron chi connectivity index (χ1n) is 10.9. The van der Waals surface area contributed by atoms with E-state index >= 15 is 0 Å². The van der Waals surface area contributed by atoms with Gasteiger partial charge in [0.15, 0.2) is 0 Å². The Morgan fingerprint density at radius 1 is 1.16 bits per heavy atom. The molecule has 0 aliphatic carbocycles. The van der Waals surface area contributed by atoms with Crippen LogP contribution in [0.15, 0.2) is 30.0 Å². The topological polar surface area (TPSA) is 99.2 Å². The number of nitrogens with zero attached hydrogens (tertiary/aromatic N) is 2. The minimum atomic E-state index is -0.311. The summed E-state index contributed by atoms with van der Waals surface area (Å²) in [7, 11) is 0. The van der Waals surface area contributed by atoms with Crippen molar-refractivity contribution in [1.29, 1.82) is 0 Å². The van der Waals surface area contributed by atoms with Crippen LogP contribution in [-0.4, -0.2) is 71.6 Å². The van der Waals surface area contributed by atoms with E-state index in [1.54, 1.807) is 24.3 Å². The number of nitrogens with one attached hydrogen (secondary N) is 1. The van der Waals surface area contributed by atoms with Crippen molar-refractivity contribution in [2.24, 2.45) is 5.92 Å². The Labute approximate surface area is 181 Å². The summed E-state index contributed by atoms with van der Waals surface area (Å²) in [5.41, 5.74) is 2.07. The van der Waals surface area contributed by atoms with E-state index in [0.29, 0.717) is 42.2 Å². The molecule has 0 spiro atoms. The van der Waals surface area contributed by atoms with Crippen LogP contribution in [0.2, 0.25) is 0 Å². The first-order valence-corrected chi connectivity index (χ1v) is 10.9. The second kappa shape index (κ2) is 9.20. The Morgan fingerprint density at radius 2 is 1.94 bits per heavy atom. The number of aliphatic hydroxyl groups excluding tert-OH is 1. The van der Waals surface area contributed by atoms with E-state index in [0.717, 1.165) is 25.7 Å². The number of carbonyl (C=O) groups is 3. The zero-order chi connectivity index (χ0) is 22.0. The molecule has 2 N–H and O–H groups in total. The fourth-order valence-corrected chi connectivity index (χ4v) is 4.62. The van der Waals surface area contributed by atoms with Crippen LogP contribution in [0, 0.1) is 5.92 Å². The van der Waals surface area contributed by atoms with Gasteiger partial charge in [-0.05, 0) is 49.3 Å². The lowest BCUT2D eigenvalue weighted by Gasteiger charge is -2.34. The number of ether oxygens (including phenoxy) is 1. The Kier molecular flexibility index (Phi) is 6.38. The molecule has 8 nitrogen and oxygen atoms in total. The highest BCUT2D eigenvalue weighted by atomic mass is 16.5. The van der Waals surface area contributed by atoms with Gasteiger partial charge in [0, 0.05) is 38.9 Å². The number of hydrogen-bond acceptors (Lipinski definition) is 6. The van der Waals surface area contributed by atoms with E-state index < -0.39 is 0 Å². The summed E-state index contributed by atoms with van der Waals surface area (Å²) in [5, 5.41) is 12.4.